The van der Waals surface area contributed by atoms with E-state index in [4.69, 9.17) is 10.5 Å². The van der Waals surface area contributed by atoms with E-state index in [0.29, 0.717) is 6.54 Å². The summed E-state index contributed by atoms with van der Waals surface area (Å²) < 4.78 is 5.81. The van der Waals surface area contributed by atoms with Crippen LogP contribution in [0.25, 0.3) is 0 Å². The highest BCUT2D eigenvalue weighted by Crippen LogP contribution is 2.21. The van der Waals surface area contributed by atoms with E-state index in [-0.39, 0.29) is 6.10 Å². The molecule has 106 valence electrons. The first-order chi connectivity index (χ1) is 9.15. The van der Waals surface area contributed by atoms with Crippen molar-refractivity contribution in [2.75, 3.05) is 32.8 Å². The Morgan fingerprint density at radius 2 is 2.00 bits per heavy atom. The van der Waals surface area contributed by atoms with Crippen molar-refractivity contribution in [3.63, 3.8) is 0 Å². The minimum Gasteiger partial charge on any atom is -0.368 e. The van der Waals surface area contributed by atoms with E-state index in [1.165, 1.54) is 5.56 Å². The summed E-state index contributed by atoms with van der Waals surface area (Å²) in [6.45, 7) is 10.5. The van der Waals surface area contributed by atoms with Crippen LogP contribution in [0.2, 0.25) is 0 Å². The number of aryl methyl sites for hydroxylation is 2. The third-order valence-electron chi connectivity index (χ3n) is 3.72. The Bertz CT molecular complexity index is 412. The lowest BCUT2D eigenvalue weighted by atomic mass is 10.1. The van der Waals surface area contributed by atoms with Crippen molar-refractivity contribution in [2.45, 2.75) is 33.3 Å². The molecular weight excluding hydrogens is 240 g/mol. The molecule has 1 unspecified atom stereocenters. The first kappa shape index (κ1) is 14.4. The third-order valence-corrected chi connectivity index (χ3v) is 3.72. The van der Waals surface area contributed by atoms with Gasteiger partial charge in [-0.2, -0.15) is 0 Å². The Labute approximate surface area is 115 Å². The summed E-state index contributed by atoms with van der Waals surface area (Å²) >= 11 is 0. The molecule has 0 spiro atoms. The SMILES string of the molecule is CCN1CCOC(c2nc(C)c(CCN)c(C)n2)C1. The van der Waals surface area contributed by atoms with Crippen molar-refractivity contribution in [1.29, 1.82) is 0 Å². The van der Waals surface area contributed by atoms with Crippen LogP contribution in [0.1, 0.15) is 35.8 Å². The lowest BCUT2D eigenvalue weighted by Gasteiger charge is -2.31. The molecule has 1 aromatic rings. The van der Waals surface area contributed by atoms with Gasteiger partial charge in [0.1, 0.15) is 6.10 Å². The van der Waals surface area contributed by atoms with Crippen LogP contribution in [0.3, 0.4) is 0 Å². The molecule has 1 aliphatic rings. The number of aromatic nitrogens is 2. The van der Waals surface area contributed by atoms with Crippen LogP contribution in [-0.4, -0.2) is 47.7 Å². The monoisotopic (exact) mass is 264 g/mol. The molecule has 1 saturated heterocycles. The highest BCUT2D eigenvalue weighted by Gasteiger charge is 2.24. The standard InChI is InChI=1S/C14H24N4O/c1-4-18-7-8-19-13(9-18)14-16-10(2)12(5-6-15)11(3)17-14/h13H,4-9,15H2,1-3H3. The Balaban J connectivity index is 2.21. The molecule has 0 aromatic carbocycles. The van der Waals surface area contributed by atoms with Gasteiger partial charge in [-0.05, 0) is 38.9 Å². The summed E-state index contributed by atoms with van der Waals surface area (Å²) in [5.41, 5.74) is 8.87. The first-order valence-corrected chi connectivity index (χ1v) is 7.03. The molecule has 0 saturated carbocycles. The molecule has 1 atom stereocenters. The molecule has 0 radical (unpaired) electrons. The zero-order valence-corrected chi connectivity index (χ0v) is 12.1. The second-order valence-corrected chi connectivity index (χ2v) is 5.02. The summed E-state index contributed by atoms with van der Waals surface area (Å²) in [5.74, 6) is 0.814. The van der Waals surface area contributed by atoms with Gasteiger partial charge in [-0.1, -0.05) is 6.92 Å². The summed E-state index contributed by atoms with van der Waals surface area (Å²) in [5, 5.41) is 0. The number of rotatable bonds is 4. The Hall–Kier alpha value is -1.04. The topological polar surface area (TPSA) is 64.3 Å². The number of nitrogens with two attached hydrogens (primary N) is 1. The van der Waals surface area contributed by atoms with Gasteiger partial charge in [0.15, 0.2) is 5.82 Å². The normalized spacial score (nSPS) is 20.7. The number of morpholine rings is 1. The van der Waals surface area contributed by atoms with Gasteiger partial charge in [0, 0.05) is 24.5 Å². The first-order valence-electron chi connectivity index (χ1n) is 7.03. The number of likely N-dealkylation sites (N-methyl/N-ethyl adjacent to an activating group) is 1. The molecule has 0 aliphatic carbocycles. The largest absolute Gasteiger partial charge is 0.368 e. The summed E-state index contributed by atoms with van der Waals surface area (Å²) in [6, 6.07) is 0. The smallest absolute Gasteiger partial charge is 0.158 e. The van der Waals surface area contributed by atoms with E-state index in [1.807, 2.05) is 13.8 Å². The van der Waals surface area contributed by atoms with Crippen molar-refractivity contribution in [2.24, 2.45) is 5.73 Å². The van der Waals surface area contributed by atoms with Crippen molar-refractivity contribution in [3.05, 3.63) is 22.8 Å². The second kappa shape index (κ2) is 6.41. The molecular formula is C14H24N4O. The van der Waals surface area contributed by atoms with Gasteiger partial charge in [-0.25, -0.2) is 9.97 Å². The zero-order valence-electron chi connectivity index (χ0n) is 12.1. The van der Waals surface area contributed by atoms with Crippen molar-refractivity contribution in [1.82, 2.24) is 14.9 Å². The van der Waals surface area contributed by atoms with E-state index in [1.54, 1.807) is 0 Å². The molecule has 2 N–H and O–H groups in total. The highest BCUT2D eigenvalue weighted by molar-refractivity contribution is 5.25. The molecule has 5 heteroatoms. The fourth-order valence-corrected chi connectivity index (χ4v) is 2.56. The van der Waals surface area contributed by atoms with Crippen LogP contribution in [0.5, 0.6) is 0 Å². The second-order valence-electron chi connectivity index (χ2n) is 5.02. The molecule has 1 aliphatic heterocycles. The minimum atomic E-state index is -0.00183. The van der Waals surface area contributed by atoms with Crippen LogP contribution in [-0.2, 0) is 11.2 Å². The van der Waals surface area contributed by atoms with Crippen LogP contribution in [0, 0.1) is 13.8 Å². The minimum absolute atomic E-state index is 0.00183. The number of hydrogen-bond donors (Lipinski definition) is 1. The van der Waals surface area contributed by atoms with Crippen LogP contribution in [0.15, 0.2) is 0 Å². The molecule has 0 amide bonds. The molecule has 1 aromatic heterocycles. The maximum absolute atomic E-state index is 5.81. The lowest BCUT2D eigenvalue weighted by molar-refractivity contribution is -0.0327. The molecule has 2 rings (SSSR count). The van der Waals surface area contributed by atoms with Crippen molar-refractivity contribution < 1.29 is 4.74 Å². The molecule has 5 nitrogen and oxygen atoms in total. The van der Waals surface area contributed by atoms with E-state index in [0.717, 1.165) is 49.9 Å². The van der Waals surface area contributed by atoms with Gasteiger partial charge < -0.3 is 10.5 Å². The fraction of sp³-hybridized carbons (Fsp3) is 0.714. The lowest BCUT2D eigenvalue weighted by Crippen LogP contribution is -2.38. The number of nitrogens with zero attached hydrogens (tertiary/aromatic N) is 3. The quantitative estimate of drug-likeness (QED) is 0.878. The van der Waals surface area contributed by atoms with E-state index in [9.17, 15) is 0 Å². The maximum Gasteiger partial charge on any atom is 0.158 e. The van der Waals surface area contributed by atoms with Crippen molar-refractivity contribution in [3.8, 4) is 0 Å². The number of hydrogen-bond acceptors (Lipinski definition) is 5. The van der Waals surface area contributed by atoms with Crippen LogP contribution < -0.4 is 5.73 Å². The molecule has 0 bridgehead atoms. The maximum atomic E-state index is 5.81. The highest BCUT2D eigenvalue weighted by atomic mass is 16.5. The van der Waals surface area contributed by atoms with Gasteiger partial charge in [-0.3, -0.25) is 4.90 Å². The van der Waals surface area contributed by atoms with Gasteiger partial charge in [0.25, 0.3) is 0 Å². The van der Waals surface area contributed by atoms with Gasteiger partial charge in [0.05, 0.1) is 6.61 Å². The average molecular weight is 264 g/mol. The average Bonchev–Trinajstić information content (AvgIpc) is 2.42. The van der Waals surface area contributed by atoms with Gasteiger partial charge >= 0.3 is 0 Å². The van der Waals surface area contributed by atoms with Gasteiger partial charge in [-0.15, -0.1) is 0 Å². The molecule has 1 fully saturated rings. The Morgan fingerprint density at radius 3 is 2.58 bits per heavy atom. The van der Waals surface area contributed by atoms with Crippen LogP contribution >= 0.6 is 0 Å². The summed E-state index contributed by atoms with van der Waals surface area (Å²) in [4.78, 5) is 11.6. The predicted molar refractivity (Wildman–Crippen MR) is 75.1 cm³/mol. The molecule has 19 heavy (non-hydrogen) atoms. The zero-order chi connectivity index (χ0) is 13.8. The Kier molecular flexibility index (Phi) is 4.85. The summed E-state index contributed by atoms with van der Waals surface area (Å²) in [6.07, 6.45) is 0.836. The third kappa shape index (κ3) is 3.29. The summed E-state index contributed by atoms with van der Waals surface area (Å²) in [7, 11) is 0. The van der Waals surface area contributed by atoms with Gasteiger partial charge in [0.2, 0.25) is 0 Å². The predicted octanol–water partition coefficient (Wildman–Crippen LogP) is 0.988. The fourth-order valence-electron chi connectivity index (χ4n) is 2.56. The van der Waals surface area contributed by atoms with E-state index in [2.05, 4.69) is 21.8 Å². The van der Waals surface area contributed by atoms with Crippen molar-refractivity contribution >= 4 is 0 Å². The van der Waals surface area contributed by atoms with E-state index >= 15 is 0 Å². The Morgan fingerprint density at radius 1 is 1.32 bits per heavy atom. The van der Waals surface area contributed by atoms with Crippen LogP contribution in [0.4, 0.5) is 0 Å². The molecule has 2 heterocycles. The van der Waals surface area contributed by atoms with E-state index < -0.39 is 0 Å². The number of ether oxygens (including phenoxy) is 1.